The third kappa shape index (κ3) is 3.91. The molecule has 11 heteroatoms. The van der Waals surface area contributed by atoms with Crippen LogP contribution in [0.1, 0.15) is 55.6 Å². The number of hydrogen-bond acceptors (Lipinski definition) is 4. The molecule has 2 aromatic carbocycles. The summed E-state index contributed by atoms with van der Waals surface area (Å²) >= 11 is 12.8. The highest BCUT2D eigenvalue weighted by Gasteiger charge is 2.78. The summed E-state index contributed by atoms with van der Waals surface area (Å²) in [4.78, 5) is 28.3. The second-order valence-electron chi connectivity index (χ2n) is 11.9. The predicted molar refractivity (Wildman–Crippen MR) is 146 cm³/mol. The molecule has 40 heavy (non-hydrogen) atoms. The van der Waals surface area contributed by atoms with Crippen LogP contribution in [0.15, 0.2) is 36.4 Å². The highest BCUT2D eigenvalue weighted by atomic mass is 35.5. The normalized spacial score (nSPS) is 31.6. The van der Waals surface area contributed by atoms with Crippen LogP contribution >= 0.6 is 23.2 Å². The first-order valence-electron chi connectivity index (χ1n) is 13.5. The Morgan fingerprint density at radius 3 is 2.45 bits per heavy atom. The number of carbonyl (C=O) groups excluding carboxylic acids is 2. The third-order valence-electron chi connectivity index (χ3n) is 9.56. The van der Waals surface area contributed by atoms with Crippen molar-refractivity contribution < 1.29 is 27.9 Å². The van der Waals surface area contributed by atoms with Crippen molar-refractivity contribution in [2.45, 2.75) is 73.6 Å². The predicted octanol–water partition coefficient (Wildman–Crippen LogP) is 4.96. The maximum atomic E-state index is 14.9. The zero-order valence-corrected chi connectivity index (χ0v) is 23.1. The molecule has 0 radical (unpaired) electrons. The smallest absolute Gasteiger partial charge is 0.238 e. The molecule has 6 rings (SSSR count). The van der Waals surface area contributed by atoms with E-state index in [2.05, 4.69) is 16.0 Å². The van der Waals surface area contributed by atoms with E-state index in [9.17, 15) is 27.9 Å². The van der Waals surface area contributed by atoms with Crippen molar-refractivity contribution in [2.75, 3.05) is 18.7 Å². The van der Waals surface area contributed by atoms with Gasteiger partial charge in [0, 0.05) is 33.6 Å². The fourth-order valence-corrected chi connectivity index (χ4v) is 8.28. The lowest BCUT2D eigenvalue weighted by atomic mass is 9.46. The van der Waals surface area contributed by atoms with E-state index in [1.807, 2.05) is 0 Å². The molecule has 2 spiro atoms. The third-order valence-corrected chi connectivity index (χ3v) is 10.2. The van der Waals surface area contributed by atoms with Crippen molar-refractivity contribution >= 4 is 40.7 Å². The van der Waals surface area contributed by atoms with Crippen LogP contribution < -0.4 is 16.0 Å². The fraction of sp³-hybridized carbons (Fsp3) is 0.517. The van der Waals surface area contributed by atoms with Crippen LogP contribution in [0.3, 0.4) is 0 Å². The monoisotopic (exact) mass is 595 g/mol. The lowest BCUT2D eigenvalue weighted by Crippen LogP contribution is -2.70. The molecular formula is C29H30Cl2F3N3O3. The molecule has 214 valence electrons. The van der Waals surface area contributed by atoms with Crippen LogP contribution in [0.4, 0.5) is 18.9 Å². The van der Waals surface area contributed by atoms with Crippen LogP contribution in [0.5, 0.6) is 0 Å². The van der Waals surface area contributed by atoms with Crippen molar-refractivity contribution in [1.29, 1.82) is 0 Å². The van der Waals surface area contributed by atoms with Gasteiger partial charge in [-0.05, 0) is 67.9 Å². The second-order valence-corrected chi connectivity index (χ2v) is 12.7. The average Bonchev–Trinajstić information content (AvgIpc) is 3.38. The summed E-state index contributed by atoms with van der Waals surface area (Å²) in [7, 11) is 0. The van der Waals surface area contributed by atoms with E-state index in [-0.39, 0.29) is 29.5 Å². The van der Waals surface area contributed by atoms with E-state index in [0.29, 0.717) is 42.0 Å². The molecule has 2 heterocycles. The Hall–Kier alpha value is -2.33. The molecule has 4 N–H and O–H groups in total. The number of benzene rings is 2. The summed E-state index contributed by atoms with van der Waals surface area (Å²) < 4.78 is 43.4. The number of anilines is 1. The standard InChI is InChI=1S/C29H30Cl2F3N3O3/c30-15-4-9-19-21(10-15)36-26(40)29(19)22(18-2-1-3-20(34)23(18)31)24(25(39)35-16-5-7-17(38)8-6-16)37-28(29)11-27(12-28,13-32)14-33/h1-4,9-10,16-17,22,24,37-38H,5-8,11-14H2,(H,35,39)(H,36,40)/t16-,17-,22-,24+,29+/m0/s1. The number of fused-ring (bicyclic) bond motifs is 3. The number of alkyl halides is 2. The van der Waals surface area contributed by atoms with Crippen molar-refractivity contribution in [3.05, 3.63) is 63.4 Å². The van der Waals surface area contributed by atoms with E-state index < -0.39 is 65.4 Å². The van der Waals surface area contributed by atoms with Gasteiger partial charge in [-0.15, -0.1) is 0 Å². The summed E-state index contributed by atoms with van der Waals surface area (Å²) in [6, 6.07) is 7.89. The first-order valence-corrected chi connectivity index (χ1v) is 14.3. The van der Waals surface area contributed by atoms with E-state index in [0.717, 1.165) is 0 Å². The van der Waals surface area contributed by atoms with Crippen LogP contribution in [-0.4, -0.2) is 54.0 Å². The molecule has 0 aromatic heterocycles. The van der Waals surface area contributed by atoms with Crippen LogP contribution in [0.2, 0.25) is 10.0 Å². The number of carbonyl (C=O) groups is 2. The molecule has 4 aliphatic rings. The minimum Gasteiger partial charge on any atom is -0.393 e. The number of aliphatic hydroxyl groups excluding tert-OH is 1. The minimum absolute atomic E-state index is 0.0503. The zero-order valence-electron chi connectivity index (χ0n) is 21.6. The Morgan fingerprint density at radius 2 is 1.77 bits per heavy atom. The molecule has 2 aliphatic heterocycles. The Balaban J connectivity index is 1.53. The zero-order chi connectivity index (χ0) is 28.4. The number of amides is 2. The first-order chi connectivity index (χ1) is 19.1. The maximum Gasteiger partial charge on any atom is 0.238 e. The van der Waals surface area contributed by atoms with Gasteiger partial charge in [0.15, 0.2) is 0 Å². The van der Waals surface area contributed by atoms with Gasteiger partial charge < -0.3 is 15.7 Å². The molecule has 6 nitrogen and oxygen atoms in total. The molecule has 3 fully saturated rings. The quantitative estimate of drug-likeness (QED) is 0.393. The fourth-order valence-electron chi connectivity index (χ4n) is 7.87. The van der Waals surface area contributed by atoms with E-state index in [1.165, 1.54) is 12.1 Å². The Morgan fingerprint density at radius 1 is 1.07 bits per heavy atom. The highest BCUT2D eigenvalue weighted by molar-refractivity contribution is 6.32. The van der Waals surface area contributed by atoms with E-state index in [4.69, 9.17) is 23.2 Å². The van der Waals surface area contributed by atoms with Gasteiger partial charge in [-0.2, -0.15) is 0 Å². The SMILES string of the molecule is O=C(N[C@H]1CC[C@H](O)CC1)[C@@H]1NC2(CC(CF)(CF)C2)[C@@]2(C(=O)Nc3cc(Cl)ccc32)[C@H]1c1cccc(F)c1Cl. The largest absolute Gasteiger partial charge is 0.393 e. The van der Waals surface area contributed by atoms with Gasteiger partial charge in [0.2, 0.25) is 11.8 Å². The molecule has 0 bridgehead atoms. The Labute approximate surface area is 240 Å². The summed E-state index contributed by atoms with van der Waals surface area (Å²) in [6.45, 7) is -1.85. The molecule has 1 saturated heterocycles. The number of hydrogen-bond donors (Lipinski definition) is 4. The lowest BCUT2D eigenvalue weighted by Gasteiger charge is -2.59. The molecule has 2 saturated carbocycles. The van der Waals surface area contributed by atoms with Gasteiger partial charge in [0.1, 0.15) is 11.2 Å². The molecule has 2 aliphatic carbocycles. The number of nitrogens with one attached hydrogen (secondary N) is 3. The van der Waals surface area contributed by atoms with Gasteiger partial charge in [-0.1, -0.05) is 41.4 Å². The van der Waals surface area contributed by atoms with Gasteiger partial charge in [-0.25, -0.2) is 4.39 Å². The van der Waals surface area contributed by atoms with Crippen molar-refractivity contribution in [2.24, 2.45) is 5.41 Å². The van der Waals surface area contributed by atoms with Gasteiger partial charge >= 0.3 is 0 Å². The van der Waals surface area contributed by atoms with Crippen molar-refractivity contribution in [3.63, 3.8) is 0 Å². The van der Waals surface area contributed by atoms with Gasteiger partial charge in [-0.3, -0.25) is 23.7 Å². The summed E-state index contributed by atoms with van der Waals surface area (Å²) in [5.41, 5.74) is -2.88. The Bertz CT molecular complexity index is 1360. The maximum absolute atomic E-state index is 14.9. The number of halogens is 5. The second kappa shape index (κ2) is 9.89. The topological polar surface area (TPSA) is 90.5 Å². The van der Waals surface area contributed by atoms with Crippen LogP contribution in [0.25, 0.3) is 0 Å². The molecule has 3 atom stereocenters. The molecule has 2 aromatic rings. The molecule has 0 unspecified atom stereocenters. The van der Waals surface area contributed by atoms with Crippen molar-refractivity contribution in [1.82, 2.24) is 10.6 Å². The summed E-state index contributed by atoms with van der Waals surface area (Å²) in [6.07, 6.45) is 1.73. The summed E-state index contributed by atoms with van der Waals surface area (Å²) in [5, 5.41) is 19.4. The molecule has 2 amide bonds. The van der Waals surface area contributed by atoms with Crippen LogP contribution in [-0.2, 0) is 15.0 Å². The summed E-state index contributed by atoms with van der Waals surface area (Å²) in [5.74, 6) is -2.60. The van der Waals surface area contributed by atoms with Crippen LogP contribution in [0, 0.1) is 11.2 Å². The lowest BCUT2D eigenvalue weighted by molar-refractivity contribution is -0.131. The number of aliphatic hydroxyl groups is 1. The Kier molecular flexibility index (Phi) is 6.88. The van der Waals surface area contributed by atoms with Gasteiger partial charge in [0.05, 0.1) is 30.5 Å². The van der Waals surface area contributed by atoms with E-state index >= 15 is 0 Å². The van der Waals surface area contributed by atoms with E-state index in [1.54, 1.807) is 24.3 Å². The highest BCUT2D eigenvalue weighted by Crippen LogP contribution is 2.68. The van der Waals surface area contributed by atoms with Crippen molar-refractivity contribution in [3.8, 4) is 0 Å². The molecular weight excluding hydrogens is 566 g/mol. The average molecular weight is 596 g/mol. The number of rotatable bonds is 5. The minimum atomic E-state index is -1.54. The van der Waals surface area contributed by atoms with Gasteiger partial charge in [0.25, 0.3) is 0 Å². The first kappa shape index (κ1) is 27.8.